The first kappa shape index (κ1) is 17.7. The van der Waals surface area contributed by atoms with E-state index in [1.807, 2.05) is 13.0 Å². The van der Waals surface area contributed by atoms with Crippen LogP contribution in [0.3, 0.4) is 0 Å². The van der Waals surface area contributed by atoms with Gasteiger partial charge in [0.05, 0.1) is 5.57 Å². The van der Waals surface area contributed by atoms with Gasteiger partial charge >= 0.3 is 5.97 Å². The number of rotatable bonds is 3. The minimum absolute atomic E-state index is 0.167. The molecule has 0 spiro atoms. The fraction of sp³-hybridized carbons (Fsp3) is 0.217. The van der Waals surface area contributed by atoms with Crippen molar-refractivity contribution in [2.45, 2.75) is 25.7 Å². The molecule has 6 nitrogen and oxygen atoms in total. The number of nitrogens with zero attached hydrogens (tertiary/aromatic N) is 2. The van der Waals surface area contributed by atoms with Crippen LogP contribution < -0.4 is 5.32 Å². The van der Waals surface area contributed by atoms with Crippen molar-refractivity contribution in [2.75, 3.05) is 6.54 Å². The number of H-pyrrole nitrogens is 1. The van der Waals surface area contributed by atoms with Gasteiger partial charge in [0, 0.05) is 48.5 Å². The van der Waals surface area contributed by atoms with Crippen LogP contribution in [0.25, 0.3) is 22.0 Å². The molecule has 0 saturated carbocycles. The highest BCUT2D eigenvalue weighted by molar-refractivity contribution is 6.08. The average Bonchev–Trinajstić information content (AvgIpc) is 3.11. The van der Waals surface area contributed by atoms with E-state index in [0.29, 0.717) is 0 Å². The molecule has 3 N–H and O–H groups in total. The molecular weight excluding hydrogens is 364 g/mol. The Balaban J connectivity index is 1.45. The van der Waals surface area contributed by atoms with Crippen LogP contribution in [0.5, 0.6) is 0 Å². The summed E-state index contributed by atoms with van der Waals surface area (Å²) in [7, 11) is 0. The van der Waals surface area contributed by atoms with Crippen LogP contribution in [0.4, 0.5) is 0 Å². The van der Waals surface area contributed by atoms with Crippen LogP contribution in [0, 0.1) is 0 Å². The molecular formula is C23H22N4O2. The molecule has 0 aliphatic carbocycles. The van der Waals surface area contributed by atoms with Crippen molar-refractivity contribution in [3.05, 3.63) is 71.6 Å². The van der Waals surface area contributed by atoms with Crippen LogP contribution in [0.2, 0.25) is 0 Å². The Morgan fingerprint density at radius 3 is 2.72 bits per heavy atom. The number of hydrogen-bond donors (Lipinski definition) is 3. The van der Waals surface area contributed by atoms with Crippen LogP contribution >= 0.6 is 0 Å². The van der Waals surface area contributed by atoms with Crippen LogP contribution in [-0.4, -0.2) is 39.5 Å². The summed E-state index contributed by atoms with van der Waals surface area (Å²) in [5.74, 6) is -1.63. The van der Waals surface area contributed by atoms with Gasteiger partial charge in [-0.15, -0.1) is 0 Å². The number of carboxylic acids is 1. The Hall–Kier alpha value is -3.38. The van der Waals surface area contributed by atoms with Crippen molar-refractivity contribution in [2.24, 2.45) is 4.99 Å². The van der Waals surface area contributed by atoms with E-state index in [-0.39, 0.29) is 5.57 Å². The zero-order valence-corrected chi connectivity index (χ0v) is 16.1. The minimum Gasteiger partial charge on any atom is -0.478 e. The Morgan fingerprint density at radius 2 is 2.00 bits per heavy atom. The third-order valence-corrected chi connectivity index (χ3v) is 5.90. The van der Waals surface area contributed by atoms with E-state index < -0.39 is 11.8 Å². The first-order chi connectivity index (χ1) is 14.0. The lowest BCUT2D eigenvalue weighted by Gasteiger charge is -2.41. The maximum absolute atomic E-state index is 11.1. The van der Waals surface area contributed by atoms with Crippen molar-refractivity contribution < 1.29 is 9.90 Å². The molecule has 3 aromatic rings. The Morgan fingerprint density at radius 1 is 1.17 bits per heavy atom. The lowest BCUT2D eigenvalue weighted by atomic mass is 10.00. The maximum atomic E-state index is 11.1. The van der Waals surface area contributed by atoms with Crippen LogP contribution in [-0.2, 0) is 17.8 Å². The molecule has 2 aliphatic rings. The fourth-order valence-corrected chi connectivity index (χ4v) is 4.18. The molecule has 0 fully saturated rings. The normalized spacial score (nSPS) is 21.5. The maximum Gasteiger partial charge on any atom is 0.338 e. The summed E-state index contributed by atoms with van der Waals surface area (Å²) in [6.07, 6.45) is 3.87. The Bertz CT molecular complexity index is 1160. The largest absolute Gasteiger partial charge is 0.478 e. The van der Waals surface area contributed by atoms with Crippen LogP contribution in [0.1, 0.15) is 18.2 Å². The molecule has 5 rings (SSSR count). The van der Waals surface area contributed by atoms with Gasteiger partial charge < -0.3 is 15.4 Å². The highest BCUT2D eigenvalue weighted by Crippen LogP contribution is 2.33. The number of nitrogens with one attached hydrogen (secondary N) is 2. The van der Waals surface area contributed by atoms with Gasteiger partial charge in [0.1, 0.15) is 0 Å². The molecule has 3 heterocycles. The third-order valence-electron chi connectivity index (χ3n) is 5.90. The molecule has 2 aliphatic heterocycles. The lowest BCUT2D eigenvalue weighted by Crippen LogP contribution is -2.56. The molecule has 0 radical (unpaired) electrons. The smallest absolute Gasteiger partial charge is 0.338 e. The Labute approximate surface area is 168 Å². The Kier molecular flexibility index (Phi) is 4.03. The number of aliphatic carboxylic acids is 1. The first-order valence-electron chi connectivity index (χ1n) is 9.74. The van der Waals surface area contributed by atoms with E-state index in [1.54, 1.807) is 0 Å². The second kappa shape index (κ2) is 6.60. The first-order valence-corrected chi connectivity index (χ1v) is 9.74. The highest BCUT2D eigenvalue weighted by Gasteiger charge is 2.35. The van der Waals surface area contributed by atoms with Crippen LogP contribution in [0.15, 0.2) is 65.3 Å². The number of benzene rings is 2. The summed E-state index contributed by atoms with van der Waals surface area (Å²) in [5.41, 5.74) is 6.28. The van der Waals surface area contributed by atoms with Gasteiger partial charge in [-0.2, -0.15) is 0 Å². The summed E-state index contributed by atoms with van der Waals surface area (Å²) in [6.45, 7) is 3.56. The summed E-state index contributed by atoms with van der Waals surface area (Å²) < 4.78 is 0. The van der Waals surface area contributed by atoms with Gasteiger partial charge in [-0.1, -0.05) is 42.5 Å². The molecule has 29 heavy (non-hydrogen) atoms. The molecule has 1 unspecified atom stereocenters. The minimum atomic E-state index is -0.977. The quantitative estimate of drug-likeness (QED) is 0.644. The van der Waals surface area contributed by atoms with Crippen molar-refractivity contribution in [1.29, 1.82) is 0 Å². The number of aromatic amines is 1. The zero-order valence-electron chi connectivity index (χ0n) is 16.1. The second-order valence-corrected chi connectivity index (χ2v) is 7.71. The lowest BCUT2D eigenvalue weighted by molar-refractivity contribution is -0.132. The summed E-state index contributed by atoms with van der Waals surface area (Å²) in [6, 6.07) is 17.0. The van der Waals surface area contributed by atoms with E-state index in [9.17, 15) is 4.79 Å². The molecule has 1 aromatic heterocycles. The van der Waals surface area contributed by atoms with Gasteiger partial charge in [-0.05, 0) is 29.7 Å². The predicted octanol–water partition coefficient (Wildman–Crippen LogP) is 3.51. The second-order valence-electron chi connectivity index (χ2n) is 7.71. The van der Waals surface area contributed by atoms with Gasteiger partial charge in [-0.3, -0.25) is 4.90 Å². The van der Waals surface area contributed by atoms with E-state index in [2.05, 4.69) is 62.7 Å². The van der Waals surface area contributed by atoms with E-state index in [1.165, 1.54) is 40.2 Å². The summed E-state index contributed by atoms with van der Waals surface area (Å²) >= 11 is 0. The monoisotopic (exact) mass is 386 g/mol. The average molecular weight is 386 g/mol. The topological polar surface area (TPSA) is 80.7 Å². The molecule has 2 aromatic carbocycles. The number of aromatic nitrogens is 1. The number of carbonyl (C=O) groups is 1. The predicted molar refractivity (Wildman–Crippen MR) is 114 cm³/mol. The fourth-order valence-electron chi connectivity index (χ4n) is 4.18. The number of aliphatic imine (C=N–C) groups is 1. The van der Waals surface area contributed by atoms with Gasteiger partial charge in [0.2, 0.25) is 0 Å². The third kappa shape index (κ3) is 3.02. The van der Waals surface area contributed by atoms with E-state index in [0.717, 1.165) is 25.0 Å². The zero-order chi connectivity index (χ0) is 20.0. The highest BCUT2D eigenvalue weighted by atomic mass is 16.4. The van der Waals surface area contributed by atoms with Gasteiger partial charge in [0.25, 0.3) is 0 Å². The molecule has 1 atom stereocenters. The van der Waals surface area contributed by atoms with E-state index in [4.69, 9.17) is 5.11 Å². The molecule has 0 amide bonds. The summed E-state index contributed by atoms with van der Waals surface area (Å²) in [5, 5.41) is 13.5. The van der Waals surface area contributed by atoms with Crippen molar-refractivity contribution in [3.8, 4) is 11.1 Å². The van der Waals surface area contributed by atoms with Crippen molar-refractivity contribution in [1.82, 2.24) is 15.2 Å². The number of fused-ring (bicyclic) bond motifs is 3. The summed E-state index contributed by atoms with van der Waals surface area (Å²) in [4.78, 5) is 21.5. The van der Waals surface area contributed by atoms with E-state index >= 15 is 0 Å². The van der Waals surface area contributed by atoms with Gasteiger partial charge in [0.15, 0.2) is 5.79 Å². The number of hydrogen-bond acceptors (Lipinski definition) is 4. The SMILES string of the molecule is CC1(N2CCc3[nH]c4cc(-c5ccccc5)ccc4c3C2)N=CC(C(=O)O)=CN1. The van der Waals surface area contributed by atoms with Crippen molar-refractivity contribution in [3.63, 3.8) is 0 Å². The van der Waals surface area contributed by atoms with Crippen molar-refractivity contribution >= 4 is 23.1 Å². The molecule has 146 valence electrons. The molecule has 0 bridgehead atoms. The molecule has 6 heteroatoms. The molecule has 0 saturated heterocycles. The number of carboxylic acid groups (broad SMARTS) is 1. The standard InChI is InChI=1S/C23H22N4O2/c1-23(24-12-17(13-25-23)22(28)29)27-10-9-20-19(14-27)18-8-7-16(11-21(18)26-20)15-5-3-2-4-6-15/h2-8,11-13,24,26H,9-10,14H2,1H3,(H,28,29). The van der Waals surface area contributed by atoms with Gasteiger partial charge in [-0.25, -0.2) is 9.79 Å².